The molecule has 9 heteroatoms. The maximum absolute atomic E-state index is 15.0. The van der Waals surface area contributed by atoms with Gasteiger partial charge in [0, 0.05) is 17.5 Å². The summed E-state index contributed by atoms with van der Waals surface area (Å²) in [6.45, 7) is 1.85. The van der Waals surface area contributed by atoms with E-state index in [4.69, 9.17) is 5.73 Å². The molecule has 3 heterocycles. The van der Waals surface area contributed by atoms with Crippen LogP contribution in [0.3, 0.4) is 0 Å². The first-order chi connectivity index (χ1) is 14.4. The Labute approximate surface area is 169 Å². The Morgan fingerprint density at radius 1 is 1.27 bits per heavy atom. The van der Waals surface area contributed by atoms with Gasteiger partial charge in [-0.3, -0.25) is 0 Å². The number of ether oxygens (including phenoxy) is 1. The van der Waals surface area contributed by atoms with Crippen LogP contribution in [0.25, 0.3) is 33.6 Å². The number of esters is 1. The number of rotatable bonds is 4. The monoisotopic (exact) mass is 411 g/mol. The average Bonchev–Trinajstić information content (AvgIpc) is 3.36. The number of halogens is 2. The fraction of sp³-hybridized carbons (Fsp3) is 0.286. The van der Waals surface area contributed by atoms with Crippen molar-refractivity contribution in [3.63, 3.8) is 0 Å². The van der Waals surface area contributed by atoms with Crippen molar-refractivity contribution < 1.29 is 18.3 Å². The molecule has 0 spiro atoms. The van der Waals surface area contributed by atoms with Crippen LogP contribution in [0.4, 0.5) is 8.78 Å². The van der Waals surface area contributed by atoms with Gasteiger partial charge in [-0.1, -0.05) is 0 Å². The first kappa shape index (κ1) is 18.7. The lowest BCUT2D eigenvalue weighted by atomic mass is 10.1. The zero-order valence-corrected chi connectivity index (χ0v) is 16.4. The molecule has 30 heavy (non-hydrogen) atoms. The van der Waals surface area contributed by atoms with Crippen LogP contribution in [0.2, 0.25) is 0 Å². The van der Waals surface area contributed by atoms with E-state index >= 15 is 0 Å². The Morgan fingerprint density at radius 3 is 2.70 bits per heavy atom. The molecule has 0 bridgehead atoms. The van der Waals surface area contributed by atoms with Gasteiger partial charge in [-0.05, 0) is 44.0 Å². The smallest absolute Gasteiger partial charge is 0.341 e. The number of nitrogens with zero attached hydrogens (tertiary/aromatic N) is 3. The summed E-state index contributed by atoms with van der Waals surface area (Å²) in [6, 6.07) is 6.65. The first-order valence-corrected chi connectivity index (χ1v) is 9.63. The summed E-state index contributed by atoms with van der Waals surface area (Å²) in [5.41, 5.74) is 7.68. The van der Waals surface area contributed by atoms with Crippen LogP contribution in [0.1, 0.15) is 47.9 Å². The Bertz CT molecular complexity index is 1320. The number of methoxy groups -OCH3 is 1. The van der Waals surface area contributed by atoms with E-state index in [1.165, 1.54) is 6.07 Å². The van der Waals surface area contributed by atoms with Crippen LogP contribution in [0.5, 0.6) is 0 Å². The third kappa shape index (κ3) is 2.77. The number of fused-ring (bicyclic) bond motifs is 2. The lowest BCUT2D eigenvalue weighted by molar-refractivity contribution is 0.0594. The molecule has 4 aromatic rings. The van der Waals surface area contributed by atoms with Gasteiger partial charge < -0.3 is 20.0 Å². The Hall–Kier alpha value is -3.33. The third-order valence-electron chi connectivity index (χ3n) is 5.38. The highest BCUT2D eigenvalue weighted by Crippen LogP contribution is 2.42. The molecule has 1 aliphatic rings. The van der Waals surface area contributed by atoms with Crippen molar-refractivity contribution in [3.8, 4) is 11.5 Å². The van der Waals surface area contributed by atoms with Crippen molar-refractivity contribution in [2.24, 2.45) is 5.73 Å². The van der Waals surface area contributed by atoms with Crippen LogP contribution in [-0.4, -0.2) is 32.6 Å². The number of carbonyl (C=O) groups excluding carboxylic acids is 1. The molecule has 0 unspecified atom stereocenters. The van der Waals surface area contributed by atoms with Crippen molar-refractivity contribution in [2.75, 3.05) is 7.11 Å². The van der Waals surface area contributed by atoms with Gasteiger partial charge in [0.15, 0.2) is 17.5 Å². The standard InChI is InChI=1S/C21H19F2N5O2/c1-9(24)13-6-3-10-7-15(26-19(10)25-13)20-27-14-8-12(21(29)30-2)16(22)17(23)18(14)28(20)11-4-5-11/h3,6-9,11H,4-5,24H2,1-2H3,(H,25,26)/t9-/m1/s1. The van der Waals surface area contributed by atoms with Gasteiger partial charge in [0.2, 0.25) is 0 Å². The molecule has 0 amide bonds. The SMILES string of the molecule is COC(=O)c1cc2nc(-c3cc4ccc([C@@H](C)N)nc4[nH]3)n(C3CC3)c2c(F)c1F. The lowest BCUT2D eigenvalue weighted by Crippen LogP contribution is -2.08. The van der Waals surface area contributed by atoms with E-state index in [2.05, 4.69) is 19.7 Å². The highest BCUT2D eigenvalue weighted by molar-refractivity contribution is 5.95. The zero-order chi connectivity index (χ0) is 21.2. The second kappa shape index (κ2) is 6.60. The second-order valence-corrected chi connectivity index (χ2v) is 7.59. The molecule has 3 N–H and O–H groups in total. The molecular weight excluding hydrogens is 392 g/mol. The number of nitrogens with two attached hydrogens (primary N) is 1. The van der Waals surface area contributed by atoms with Crippen LogP contribution in [0, 0.1) is 11.6 Å². The molecule has 7 nitrogen and oxygen atoms in total. The number of nitrogens with one attached hydrogen (secondary N) is 1. The number of H-pyrrole nitrogens is 1. The summed E-state index contributed by atoms with van der Waals surface area (Å²) in [5.74, 6) is -2.82. The van der Waals surface area contributed by atoms with Gasteiger partial charge in [-0.2, -0.15) is 0 Å². The fourth-order valence-electron chi connectivity index (χ4n) is 3.72. The summed E-state index contributed by atoms with van der Waals surface area (Å²) in [6.07, 6.45) is 1.68. The molecule has 5 rings (SSSR count). The van der Waals surface area contributed by atoms with Crippen molar-refractivity contribution in [3.05, 3.63) is 47.2 Å². The first-order valence-electron chi connectivity index (χ1n) is 9.63. The van der Waals surface area contributed by atoms with Crippen LogP contribution in [-0.2, 0) is 4.74 Å². The molecule has 1 fully saturated rings. The van der Waals surface area contributed by atoms with Crippen LogP contribution in [0.15, 0.2) is 24.3 Å². The quantitative estimate of drug-likeness (QED) is 0.495. The number of hydrogen-bond acceptors (Lipinski definition) is 5. The van der Waals surface area contributed by atoms with Crippen molar-refractivity contribution in [1.82, 2.24) is 19.5 Å². The summed E-state index contributed by atoms with van der Waals surface area (Å²) >= 11 is 0. The molecule has 154 valence electrons. The molecule has 3 aromatic heterocycles. The molecular formula is C21H19F2N5O2. The maximum Gasteiger partial charge on any atom is 0.341 e. The number of hydrogen-bond donors (Lipinski definition) is 2. The van der Waals surface area contributed by atoms with Gasteiger partial charge in [0.25, 0.3) is 0 Å². The van der Waals surface area contributed by atoms with Gasteiger partial charge in [-0.15, -0.1) is 0 Å². The van der Waals surface area contributed by atoms with E-state index in [0.717, 1.165) is 31.0 Å². The summed E-state index contributed by atoms with van der Waals surface area (Å²) in [4.78, 5) is 24.1. The minimum Gasteiger partial charge on any atom is -0.465 e. The van der Waals surface area contributed by atoms with Crippen LogP contribution >= 0.6 is 0 Å². The normalized spacial score (nSPS) is 15.1. The molecule has 1 saturated carbocycles. The zero-order valence-electron chi connectivity index (χ0n) is 16.4. The van der Waals surface area contributed by atoms with Crippen molar-refractivity contribution >= 4 is 28.0 Å². The molecule has 0 radical (unpaired) electrons. The predicted molar refractivity (Wildman–Crippen MR) is 107 cm³/mol. The number of imidazole rings is 1. The van der Waals surface area contributed by atoms with Gasteiger partial charge in [-0.25, -0.2) is 23.5 Å². The molecule has 0 aliphatic heterocycles. The van der Waals surface area contributed by atoms with E-state index in [0.29, 0.717) is 17.2 Å². The minimum atomic E-state index is -1.23. The molecule has 1 aliphatic carbocycles. The van der Waals surface area contributed by atoms with E-state index in [1.807, 2.05) is 25.1 Å². The summed E-state index contributed by atoms with van der Waals surface area (Å²) in [7, 11) is 1.12. The predicted octanol–water partition coefficient (Wildman–Crippen LogP) is 4.00. The van der Waals surface area contributed by atoms with E-state index in [1.54, 1.807) is 4.57 Å². The number of pyridine rings is 1. The average molecular weight is 411 g/mol. The minimum absolute atomic E-state index is 0.0156. The summed E-state index contributed by atoms with van der Waals surface area (Å²) < 4.78 is 35.9. The van der Waals surface area contributed by atoms with Crippen molar-refractivity contribution in [1.29, 1.82) is 0 Å². The molecule has 1 atom stereocenters. The van der Waals surface area contributed by atoms with E-state index in [9.17, 15) is 13.6 Å². The molecule has 0 saturated heterocycles. The largest absolute Gasteiger partial charge is 0.465 e. The van der Waals surface area contributed by atoms with Crippen molar-refractivity contribution in [2.45, 2.75) is 31.8 Å². The summed E-state index contributed by atoms with van der Waals surface area (Å²) in [5, 5.41) is 0.853. The highest BCUT2D eigenvalue weighted by Gasteiger charge is 2.33. The lowest BCUT2D eigenvalue weighted by Gasteiger charge is -2.08. The van der Waals surface area contributed by atoms with Gasteiger partial charge >= 0.3 is 5.97 Å². The Kier molecular flexibility index (Phi) is 4.11. The van der Waals surface area contributed by atoms with E-state index < -0.39 is 23.2 Å². The highest BCUT2D eigenvalue weighted by atomic mass is 19.2. The van der Waals surface area contributed by atoms with E-state index in [-0.39, 0.29) is 23.1 Å². The van der Waals surface area contributed by atoms with Crippen LogP contribution < -0.4 is 5.73 Å². The number of aromatic amines is 1. The number of benzene rings is 1. The molecule has 1 aromatic carbocycles. The Morgan fingerprint density at radius 2 is 2.03 bits per heavy atom. The topological polar surface area (TPSA) is 98.8 Å². The second-order valence-electron chi connectivity index (χ2n) is 7.59. The third-order valence-corrected chi connectivity index (χ3v) is 5.38. The number of carbonyl (C=O) groups is 1. The fourth-order valence-corrected chi connectivity index (χ4v) is 3.72. The Balaban J connectivity index is 1.75. The van der Waals surface area contributed by atoms with Gasteiger partial charge in [0.05, 0.1) is 24.0 Å². The maximum atomic E-state index is 15.0. The number of aromatic nitrogens is 4. The van der Waals surface area contributed by atoms with Gasteiger partial charge in [0.1, 0.15) is 16.7 Å².